The van der Waals surface area contributed by atoms with Crippen LogP contribution >= 0.6 is 11.3 Å². The molecule has 2 rings (SSSR count). The van der Waals surface area contributed by atoms with Crippen LogP contribution in [0.3, 0.4) is 0 Å². The van der Waals surface area contributed by atoms with Crippen molar-refractivity contribution in [1.82, 2.24) is 5.32 Å². The van der Waals surface area contributed by atoms with Crippen LogP contribution in [0.25, 0.3) is 0 Å². The van der Waals surface area contributed by atoms with Crippen LogP contribution in [0.5, 0.6) is 5.75 Å². The van der Waals surface area contributed by atoms with Gasteiger partial charge in [0.25, 0.3) is 0 Å². The second kappa shape index (κ2) is 7.94. The predicted octanol–water partition coefficient (Wildman–Crippen LogP) is 2.80. The largest absolute Gasteiger partial charge is 0.488 e. The minimum absolute atomic E-state index is 0.226. The van der Waals surface area contributed by atoms with E-state index in [0.29, 0.717) is 6.61 Å². The molecule has 0 spiro atoms. The Bertz CT molecular complexity index is 471. The zero-order valence-electron chi connectivity index (χ0n) is 10.8. The van der Waals surface area contributed by atoms with Gasteiger partial charge in [0, 0.05) is 23.6 Å². The molecule has 102 valence electrons. The molecule has 0 amide bonds. The minimum atomic E-state index is 0.226. The van der Waals surface area contributed by atoms with Gasteiger partial charge in [0.15, 0.2) is 0 Å². The molecule has 1 heterocycles. The summed E-state index contributed by atoms with van der Waals surface area (Å²) in [6.45, 7) is 2.42. The Kier molecular flexibility index (Phi) is 5.88. The zero-order chi connectivity index (χ0) is 13.3. The van der Waals surface area contributed by atoms with Gasteiger partial charge in [-0.1, -0.05) is 24.3 Å². The van der Waals surface area contributed by atoms with Crippen molar-refractivity contribution >= 4 is 11.3 Å². The quantitative estimate of drug-likeness (QED) is 0.729. The Morgan fingerprint density at radius 1 is 1.16 bits per heavy atom. The molecular formula is C15H19NO2S. The molecule has 0 aliphatic heterocycles. The van der Waals surface area contributed by atoms with Crippen LogP contribution in [0.15, 0.2) is 41.8 Å². The zero-order valence-corrected chi connectivity index (χ0v) is 11.7. The first-order valence-electron chi connectivity index (χ1n) is 6.45. The molecule has 3 nitrogen and oxygen atoms in total. The number of benzene rings is 1. The predicted molar refractivity (Wildman–Crippen MR) is 78.5 cm³/mol. The molecule has 0 unspecified atom stereocenters. The number of para-hydroxylation sites is 1. The highest BCUT2D eigenvalue weighted by molar-refractivity contribution is 7.09. The SMILES string of the molecule is OCCCNCc1ccccc1OCc1cccs1. The molecule has 0 aliphatic carbocycles. The number of ether oxygens (including phenoxy) is 1. The van der Waals surface area contributed by atoms with E-state index in [1.807, 2.05) is 24.3 Å². The molecule has 0 aliphatic rings. The highest BCUT2D eigenvalue weighted by Gasteiger charge is 2.03. The molecule has 0 bridgehead atoms. The average Bonchev–Trinajstić information content (AvgIpc) is 2.96. The fraction of sp³-hybridized carbons (Fsp3) is 0.333. The van der Waals surface area contributed by atoms with Crippen LogP contribution in [0.2, 0.25) is 0 Å². The fourth-order valence-corrected chi connectivity index (χ4v) is 2.38. The number of rotatable bonds is 8. The maximum Gasteiger partial charge on any atom is 0.124 e. The first-order chi connectivity index (χ1) is 9.40. The second-order valence-corrected chi connectivity index (χ2v) is 5.26. The van der Waals surface area contributed by atoms with Crippen LogP contribution in [0, 0.1) is 0 Å². The maximum absolute atomic E-state index is 8.74. The van der Waals surface area contributed by atoms with Gasteiger partial charge in [-0.05, 0) is 30.5 Å². The van der Waals surface area contributed by atoms with E-state index in [4.69, 9.17) is 9.84 Å². The van der Waals surface area contributed by atoms with Gasteiger partial charge in [0.1, 0.15) is 12.4 Å². The summed E-state index contributed by atoms with van der Waals surface area (Å²) in [4.78, 5) is 1.23. The van der Waals surface area contributed by atoms with Gasteiger partial charge in [-0.15, -0.1) is 11.3 Å². The highest BCUT2D eigenvalue weighted by Crippen LogP contribution is 2.20. The fourth-order valence-electron chi connectivity index (χ4n) is 1.76. The molecule has 19 heavy (non-hydrogen) atoms. The van der Waals surface area contributed by atoms with Crippen LogP contribution in [-0.2, 0) is 13.2 Å². The normalized spacial score (nSPS) is 10.6. The molecule has 2 aromatic rings. The molecule has 1 aromatic heterocycles. The summed E-state index contributed by atoms with van der Waals surface area (Å²) in [5.41, 5.74) is 1.15. The van der Waals surface area contributed by atoms with Gasteiger partial charge >= 0.3 is 0 Å². The van der Waals surface area contributed by atoms with Gasteiger partial charge in [-0.3, -0.25) is 0 Å². The molecule has 4 heteroatoms. The van der Waals surface area contributed by atoms with E-state index in [9.17, 15) is 0 Å². The number of thiophene rings is 1. The third-order valence-corrected chi connectivity index (χ3v) is 3.60. The Hall–Kier alpha value is -1.36. The van der Waals surface area contributed by atoms with Crippen LogP contribution in [0.1, 0.15) is 16.9 Å². The summed E-state index contributed by atoms with van der Waals surface area (Å²) in [5.74, 6) is 0.924. The third kappa shape index (κ3) is 4.67. The molecule has 0 fully saturated rings. The summed E-state index contributed by atoms with van der Waals surface area (Å²) in [5, 5.41) is 14.1. The van der Waals surface area contributed by atoms with Crippen molar-refractivity contribution in [3.05, 3.63) is 52.2 Å². The van der Waals surface area contributed by atoms with Crippen molar-refractivity contribution in [2.75, 3.05) is 13.2 Å². The van der Waals surface area contributed by atoms with Gasteiger partial charge in [0.05, 0.1) is 0 Å². The molecule has 2 N–H and O–H groups in total. The lowest BCUT2D eigenvalue weighted by atomic mass is 10.2. The summed E-state index contributed by atoms with van der Waals surface area (Å²) >= 11 is 1.70. The standard InChI is InChI=1S/C15H19NO2S/c17-9-4-8-16-11-13-5-1-2-7-15(13)18-12-14-6-3-10-19-14/h1-3,5-7,10,16-17H,4,8-9,11-12H2. The second-order valence-electron chi connectivity index (χ2n) is 4.23. The van der Waals surface area contributed by atoms with E-state index in [1.165, 1.54) is 4.88 Å². The van der Waals surface area contributed by atoms with E-state index in [1.54, 1.807) is 11.3 Å². The van der Waals surface area contributed by atoms with E-state index >= 15 is 0 Å². The lowest BCUT2D eigenvalue weighted by Crippen LogP contribution is -2.16. The van der Waals surface area contributed by atoms with Gasteiger partial charge in [0.2, 0.25) is 0 Å². The van der Waals surface area contributed by atoms with Crippen LogP contribution in [0.4, 0.5) is 0 Å². The van der Waals surface area contributed by atoms with Crippen molar-refractivity contribution in [3.63, 3.8) is 0 Å². The smallest absolute Gasteiger partial charge is 0.124 e. The molecule has 1 aromatic carbocycles. The Morgan fingerprint density at radius 2 is 2.05 bits per heavy atom. The molecular weight excluding hydrogens is 258 g/mol. The monoisotopic (exact) mass is 277 g/mol. The average molecular weight is 277 g/mol. The number of aliphatic hydroxyl groups excluding tert-OH is 1. The van der Waals surface area contributed by atoms with E-state index in [2.05, 4.69) is 22.8 Å². The number of aliphatic hydroxyl groups is 1. The number of hydrogen-bond acceptors (Lipinski definition) is 4. The van der Waals surface area contributed by atoms with E-state index in [-0.39, 0.29) is 6.61 Å². The maximum atomic E-state index is 8.74. The van der Waals surface area contributed by atoms with Crippen molar-refractivity contribution in [3.8, 4) is 5.75 Å². The summed E-state index contributed by atoms with van der Waals surface area (Å²) in [6, 6.07) is 12.2. The first kappa shape index (κ1) is 14.1. The Labute approximate surface area is 117 Å². The Balaban J connectivity index is 1.88. The summed E-state index contributed by atoms with van der Waals surface area (Å²) in [6.07, 6.45) is 0.776. The van der Waals surface area contributed by atoms with Gasteiger partial charge in [-0.25, -0.2) is 0 Å². The van der Waals surface area contributed by atoms with Crippen LogP contribution < -0.4 is 10.1 Å². The van der Waals surface area contributed by atoms with Gasteiger partial charge in [-0.2, -0.15) is 0 Å². The van der Waals surface area contributed by atoms with Crippen molar-refractivity contribution in [2.24, 2.45) is 0 Å². The lowest BCUT2D eigenvalue weighted by molar-refractivity contribution is 0.285. The van der Waals surface area contributed by atoms with Gasteiger partial charge < -0.3 is 15.2 Å². The first-order valence-corrected chi connectivity index (χ1v) is 7.33. The minimum Gasteiger partial charge on any atom is -0.488 e. The van der Waals surface area contributed by atoms with Crippen molar-refractivity contribution in [2.45, 2.75) is 19.6 Å². The Morgan fingerprint density at radius 3 is 2.84 bits per heavy atom. The van der Waals surface area contributed by atoms with Crippen molar-refractivity contribution in [1.29, 1.82) is 0 Å². The molecule has 0 saturated heterocycles. The van der Waals surface area contributed by atoms with Crippen molar-refractivity contribution < 1.29 is 9.84 Å². The van der Waals surface area contributed by atoms with E-state index < -0.39 is 0 Å². The number of nitrogens with one attached hydrogen (secondary N) is 1. The molecule has 0 radical (unpaired) electrons. The number of hydrogen-bond donors (Lipinski definition) is 2. The topological polar surface area (TPSA) is 41.5 Å². The van der Waals surface area contributed by atoms with Crippen LogP contribution in [-0.4, -0.2) is 18.3 Å². The molecule has 0 saturated carbocycles. The third-order valence-electron chi connectivity index (χ3n) is 2.75. The molecule has 0 atom stereocenters. The summed E-state index contributed by atoms with van der Waals surface area (Å²) < 4.78 is 5.86. The van der Waals surface area contributed by atoms with E-state index in [0.717, 1.165) is 30.8 Å². The summed E-state index contributed by atoms with van der Waals surface area (Å²) in [7, 11) is 0. The highest BCUT2D eigenvalue weighted by atomic mass is 32.1. The lowest BCUT2D eigenvalue weighted by Gasteiger charge is -2.11.